The van der Waals surface area contributed by atoms with Gasteiger partial charge in [0, 0.05) is 25.7 Å². The van der Waals surface area contributed by atoms with Gasteiger partial charge in [-0.1, -0.05) is 0 Å². The van der Waals surface area contributed by atoms with Crippen LogP contribution in [-0.4, -0.2) is 49.2 Å². The van der Waals surface area contributed by atoms with Crippen molar-refractivity contribution in [3.8, 4) is 0 Å². The maximum Gasteiger partial charge on any atom is 0.128 e. The van der Waals surface area contributed by atoms with Gasteiger partial charge in [-0.05, 0) is 65.3 Å². The van der Waals surface area contributed by atoms with Crippen LogP contribution in [0.15, 0.2) is 18.3 Å². The third-order valence-corrected chi connectivity index (χ3v) is 4.60. The fourth-order valence-corrected chi connectivity index (χ4v) is 3.20. The minimum atomic E-state index is 0.494. The van der Waals surface area contributed by atoms with Crippen molar-refractivity contribution >= 4 is 11.5 Å². The van der Waals surface area contributed by atoms with Crippen LogP contribution in [0.1, 0.15) is 33.6 Å². The number of nitrogens with one attached hydrogen (secondary N) is 1. The molecule has 0 aromatic carbocycles. The van der Waals surface area contributed by atoms with Gasteiger partial charge in [0.1, 0.15) is 5.82 Å². The molecule has 0 radical (unpaired) electrons. The van der Waals surface area contributed by atoms with Gasteiger partial charge >= 0.3 is 0 Å². The Hall–Kier alpha value is -1.29. The lowest BCUT2D eigenvalue weighted by atomic mass is 9.92. The summed E-state index contributed by atoms with van der Waals surface area (Å²) in [6.07, 6.45) is 4.60. The van der Waals surface area contributed by atoms with E-state index in [1.54, 1.807) is 0 Å². The topological polar surface area (TPSA) is 31.4 Å². The first-order valence-corrected chi connectivity index (χ1v) is 8.30. The fraction of sp³-hybridized carbons (Fsp3) is 0.706. The molecule has 1 fully saturated rings. The zero-order chi connectivity index (χ0) is 15.2. The largest absolute Gasteiger partial charge is 0.381 e. The summed E-state index contributed by atoms with van der Waals surface area (Å²) in [4.78, 5) is 9.29. The van der Waals surface area contributed by atoms with E-state index in [0.717, 1.165) is 30.5 Å². The first-order valence-electron chi connectivity index (χ1n) is 8.30. The van der Waals surface area contributed by atoms with E-state index in [0.29, 0.717) is 6.04 Å². The van der Waals surface area contributed by atoms with E-state index < -0.39 is 0 Å². The molecule has 1 aliphatic heterocycles. The van der Waals surface area contributed by atoms with Gasteiger partial charge in [-0.25, -0.2) is 4.98 Å². The van der Waals surface area contributed by atoms with Crippen molar-refractivity contribution in [2.45, 2.75) is 39.7 Å². The maximum atomic E-state index is 4.59. The molecule has 0 saturated carbocycles. The lowest BCUT2D eigenvalue weighted by Gasteiger charge is -2.34. The molecule has 0 spiro atoms. The van der Waals surface area contributed by atoms with Crippen LogP contribution in [0.2, 0.25) is 0 Å². The molecule has 118 valence electrons. The number of hydrogen-bond acceptors (Lipinski definition) is 4. The highest BCUT2D eigenvalue weighted by atomic mass is 15.2. The van der Waals surface area contributed by atoms with Gasteiger partial charge in [0.2, 0.25) is 0 Å². The standard InChI is InChI=1S/C17H30N4/c1-5-21(6-2)17-10-9-16(12-18-17)19-14(3)15-8-7-11-20(4)13-15/h9-10,12,14-15,19H,5-8,11,13H2,1-4H3. The van der Waals surface area contributed by atoms with Crippen LogP contribution in [0.4, 0.5) is 11.5 Å². The minimum Gasteiger partial charge on any atom is -0.381 e. The summed E-state index contributed by atoms with van der Waals surface area (Å²) in [5, 5.41) is 3.63. The Morgan fingerprint density at radius 1 is 1.38 bits per heavy atom. The number of pyridine rings is 1. The Kier molecular flexibility index (Phi) is 5.85. The molecule has 2 rings (SSSR count). The van der Waals surface area contributed by atoms with Gasteiger partial charge in [-0.2, -0.15) is 0 Å². The molecule has 4 nitrogen and oxygen atoms in total. The van der Waals surface area contributed by atoms with Gasteiger partial charge in [-0.15, -0.1) is 0 Å². The third-order valence-electron chi connectivity index (χ3n) is 4.60. The third kappa shape index (κ3) is 4.34. The van der Waals surface area contributed by atoms with Crippen molar-refractivity contribution in [1.82, 2.24) is 9.88 Å². The Bertz CT molecular complexity index is 413. The second kappa shape index (κ2) is 7.64. The van der Waals surface area contributed by atoms with Crippen molar-refractivity contribution in [3.63, 3.8) is 0 Å². The second-order valence-corrected chi connectivity index (χ2v) is 6.17. The average Bonchev–Trinajstić information content (AvgIpc) is 2.50. The van der Waals surface area contributed by atoms with Crippen LogP contribution < -0.4 is 10.2 Å². The Morgan fingerprint density at radius 3 is 2.71 bits per heavy atom. The van der Waals surface area contributed by atoms with E-state index in [4.69, 9.17) is 0 Å². The highest BCUT2D eigenvalue weighted by Gasteiger charge is 2.22. The zero-order valence-electron chi connectivity index (χ0n) is 14.0. The zero-order valence-corrected chi connectivity index (χ0v) is 14.0. The first-order chi connectivity index (χ1) is 10.1. The van der Waals surface area contributed by atoms with Crippen molar-refractivity contribution in [3.05, 3.63) is 18.3 Å². The molecule has 0 aliphatic carbocycles. The highest BCUT2D eigenvalue weighted by molar-refractivity contribution is 5.49. The van der Waals surface area contributed by atoms with E-state index in [9.17, 15) is 0 Å². The number of piperidine rings is 1. The number of likely N-dealkylation sites (tertiary alicyclic amines) is 1. The molecule has 2 unspecified atom stereocenters. The van der Waals surface area contributed by atoms with E-state index in [1.165, 1.54) is 25.9 Å². The molecule has 4 heteroatoms. The number of hydrogen-bond donors (Lipinski definition) is 1. The quantitative estimate of drug-likeness (QED) is 0.872. The summed E-state index contributed by atoms with van der Waals surface area (Å²) >= 11 is 0. The van der Waals surface area contributed by atoms with Gasteiger partial charge in [-0.3, -0.25) is 0 Å². The monoisotopic (exact) mass is 290 g/mol. The summed E-state index contributed by atoms with van der Waals surface area (Å²) in [6, 6.07) is 4.77. The van der Waals surface area contributed by atoms with Crippen molar-refractivity contribution in [2.24, 2.45) is 5.92 Å². The number of rotatable bonds is 6. The Labute approximate surface area is 129 Å². The highest BCUT2D eigenvalue weighted by Crippen LogP contribution is 2.22. The summed E-state index contributed by atoms with van der Waals surface area (Å²) in [5.41, 5.74) is 1.13. The number of nitrogens with zero attached hydrogens (tertiary/aromatic N) is 3. The molecule has 1 N–H and O–H groups in total. The number of anilines is 2. The van der Waals surface area contributed by atoms with Crippen molar-refractivity contribution < 1.29 is 0 Å². The Morgan fingerprint density at radius 2 is 2.14 bits per heavy atom. The van der Waals surface area contributed by atoms with Crippen molar-refractivity contribution in [2.75, 3.05) is 43.4 Å². The SMILES string of the molecule is CCN(CC)c1ccc(NC(C)C2CCCN(C)C2)cn1. The van der Waals surface area contributed by atoms with Gasteiger partial charge in [0.05, 0.1) is 11.9 Å². The summed E-state index contributed by atoms with van der Waals surface area (Å²) in [6.45, 7) is 11.1. The van der Waals surface area contributed by atoms with Crippen LogP contribution >= 0.6 is 0 Å². The molecule has 0 amide bonds. The van der Waals surface area contributed by atoms with Crippen LogP contribution in [0.5, 0.6) is 0 Å². The average molecular weight is 290 g/mol. The predicted molar refractivity (Wildman–Crippen MR) is 91.1 cm³/mol. The van der Waals surface area contributed by atoms with E-state index in [-0.39, 0.29) is 0 Å². The van der Waals surface area contributed by atoms with E-state index >= 15 is 0 Å². The minimum absolute atomic E-state index is 0.494. The van der Waals surface area contributed by atoms with Crippen LogP contribution in [-0.2, 0) is 0 Å². The van der Waals surface area contributed by atoms with Crippen LogP contribution in [0, 0.1) is 5.92 Å². The molecule has 1 aromatic rings. The fourth-order valence-electron chi connectivity index (χ4n) is 3.20. The summed E-state index contributed by atoms with van der Waals surface area (Å²) in [5.74, 6) is 1.79. The molecule has 1 saturated heterocycles. The molecule has 1 aliphatic rings. The van der Waals surface area contributed by atoms with Gasteiger partial charge in [0.25, 0.3) is 0 Å². The summed E-state index contributed by atoms with van der Waals surface area (Å²) in [7, 11) is 2.22. The molecule has 1 aromatic heterocycles. The lowest BCUT2D eigenvalue weighted by molar-refractivity contribution is 0.197. The van der Waals surface area contributed by atoms with Crippen molar-refractivity contribution in [1.29, 1.82) is 0 Å². The normalized spacial score (nSPS) is 21.0. The summed E-state index contributed by atoms with van der Waals surface area (Å²) < 4.78 is 0. The predicted octanol–water partition coefficient (Wildman–Crippen LogP) is 3.07. The molecular formula is C17H30N4. The lowest BCUT2D eigenvalue weighted by Crippen LogP contribution is -2.39. The van der Waals surface area contributed by atoms with Gasteiger partial charge < -0.3 is 15.1 Å². The maximum absolute atomic E-state index is 4.59. The second-order valence-electron chi connectivity index (χ2n) is 6.17. The van der Waals surface area contributed by atoms with Gasteiger partial charge in [0.15, 0.2) is 0 Å². The van der Waals surface area contributed by atoms with Crippen LogP contribution in [0.3, 0.4) is 0 Å². The van der Waals surface area contributed by atoms with E-state index in [1.807, 2.05) is 6.20 Å². The van der Waals surface area contributed by atoms with Crippen LogP contribution in [0.25, 0.3) is 0 Å². The molecule has 0 bridgehead atoms. The number of aromatic nitrogens is 1. The Balaban J connectivity index is 1.93. The first kappa shape index (κ1) is 16.1. The molecule has 21 heavy (non-hydrogen) atoms. The molecule has 2 heterocycles. The molecular weight excluding hydrogens is 260 g/mol. The molecule has 2 atom stereocenters. The smallest absolute Gasteiger partial charge is 0.128 e. The van der Waals surface area contributed by atoms with E-state index in [2.05, 4.69) is 60.1 Å².